The van der Waals surface area contributed by atoms with Gasteiger partial charge in [0.2, 0.25) is 0 Å². The van der Waals surface area contributed by atoms with E-state index in [1.54, 1.807) is 17.2 Å². The van der Waals surface area contributed by atoms with E-state index in [0.29, 0.717) is 6.54 Å². The molecule has 1 amide bonds. The van der Waals surface area contributed by atoms with Gasteiger partial charge in [0.25, 0.3) is 11.5 Å². The van der Waals surface area contributed by atoms with Crippen LogP contribution in [0.15, 0.2) is 35.3 Å². The van der Waals surface area contributed by atoms with Crippen molar-refractivity contribution in [3.8, 4) is 0 Å². The summed E-state index contributed by atoms with van der Waals surface area (Å²) in [6.07, 6.45) is 6.47. The fraction of sp³-hybridized carbons (Fsp3) is 0.389. The van der Waals surface area contributed by atoms with Gasteiger partial charge in [-0.05, 0) is 55.9 Å². The molecule has 3 heterocycles. The number of nitrogens with one attached hydrogen (secondary N) is 1. The van der Waals surface area contributed by atoms with Crippen molar-refractivity contribution in [3.63, 3.8) is 0 Å². The fourth-order valence-corrected chi connectivity index (χ4v) is 3.72. The highest BCUT2D eigenvalue weighted by molar-refractivity contribution is 5.94. The molecule has 0 saturated carbocycles. The van der Waals surface area contributed by atoms with Crippen molar-refractivity contribution in [2.24, 2.45) is 0 Å². The first-order valence-electron chi connectivity index (χ1n) is 8.21. The normalized spacial score (nSPS) is 19.8. The highest BCUT2D eigenvalue weighted by Crippen LogP contribution is 2.31. The van der Waals surface area contributed by atoms with Crippen LogP contribution in [-0.4, -0.2) is 27.3 Å². The monoisotopic (exact) mass is 309 g/mol. The van der Waals surface area contributed by atoms with Crippen LogP contribution in [0.2, 0.25) is 0 Å². The molecule has 5 nitrogen and oxygen atoms in total. The predicted octanol–water partition coefficient (Wildman–Crippen LogP) is 2.24. The van der Waals surface area contributed by atoms with Crippen molar-refractivity contribution < 1.29 is 4.79 Å². The number of nitrogens with zero attached hydrogens (tertiary/aromatic N) is 2. The van der Waals surface area contributed by atoms with Crippen LogP contribution >= 0.6 is 0 Å². The third-order valence-corrected chi connectivity index (χ3v) is 4.86. The summed E-state index contributed by atoms with van der Waals surface area (Å²) in [5.41, 5.74) is 3.02. The lowest BCUT2D eigenvalue weighted by atomic mass is 10.1. The summed E-state index contributed by atoms with van der Waals surface area (Å²) in [5.74, 6) is -0.172. The van der Waals surface area contributed by atoms with Gasteiger partial charge in [-0.15, -0.1) is 0 Å². The molecule has 0 radical (unpaired) electrons. The van der Waals surface area contributed by atoms with Gasteiger partial charge < -0.3 is 9.88 Å². The molecule has 4 rings (SSSR count). The summed E-state index contributed by atoms with van der Waals surface area (Å²) in [6.45, 7) is 0.677. The highest BCUT2D eigenvalue weighted by atomic mass is 16.2. The van der Waals surface area contributed by atoms with Crippen molar-refractivity contribution in [2.45, 2.75) is 38.1 Å². The number of amides is 1. The van der Waals surface area contributed by atoms with Gasteiger partial charge >= 0.3 is 0 Å². The number of aromatic amines is 1. The number of H-pyrrole nitrogens is 1. The number of carbonyl (C=O) groups excluding carboxylic acids is 1. The van der Waals surface area contributed by atoms with Crippen LogP contribution in [0.3, 0.4) is 0 Å². The van der Waals surface area contributed by atoms with Crippen LogP contribution in [0.5, 0.6) is 0 Å². The Morgan fingerprint density at radius 2 is 2.17 bits per heavy atom. The van der Waals surface area contributed by atoms with E-state index in [2.05, 4.69) is 9.97 Å². The second-order valence-corrected chi connectivity index (χ2v) is 6.28. The number of hydrogen-bond donors (Lipinski definition) is 1. The van der Waals surface area contributed by atoms with Gasteiger partial charge in [-0.25, -0.2) is 0 Å². The molecule has 0 bridgehead atoms. The summed E-state index contributed by atoms with van der Waals surface area (Å²) < 4.78 is 0. The summed E-state index contributed by atoms with van der Waals surface area (Å²) in [7, 11) is 0. The van der Waals surface area contributed by atoms with Crippen LogP contribution in [0, 0.1) is 0 Å². The van der Waals surface area contributed by atoms with Gasteiger partial charge in [0.1, 0.15) is 5.56 Å². The number of fused-ring (bicyclic) bond motifs is 1. The lowest BCUT2D eigenvalue weighted by molar-refractivity contribution is 0.0731. The number of rotatable bonds is 2. The lowest BCUT2D eigenvalue weighted by Crippen LogP contribution is -2.35. The molecule has 0 aromatic carbocycles. The summed E-state index contributed by atoms with van der Waals surface area (Å²) >= 11 is 0. The van der Waals surface area contributed by atoms with Crippen LogP contribution in [0.25, 0.3) is 0 Å². The van der Waals surface area contributed by atoms with E-state index in [9.17, 15) is 9.59 Å². The van der Waals surface area contributed by atoms with E-state index in [-0.39, 0.29) is 23.1 Å². The molecule has 2 aliphatic rings. The summed E-state index contributed by atoms with van der Waals surface area (Å²) in [5, 5.41) is 0. The second-order valence-electron chi connectivity index (χ2n) is 6.28. The molecule has 0 spiro atoms. The van der Waals surface area contributed by atoms with Crippen LogP contribution in [0.4, 0.5) is 0 Å². The Morgan fingerprint density at radius 3 is 3.00 bits per heavy atom. The van der Waals surface area contributed by atoms with Gasteiger partial charge in [-0.1, -0.05) is 6.07 Å². The van der Waals surface area contributed by atoms with Crippen LogP contribution in [0.1, 0.15) is 52.6 Å². The molecule has 2 aromatic rings. The van der Waals surface area contributed by atoms with Gasteiger partial charge in [-0.2, -0.15) is 0 Å². The van der Waals surface area contributed by atoms with E-state index >= 15 is 0 Å². The quantitative estimate of drug-likeness (QED) is 0.925. The molecule has 1 fully saturated rings. The number of likely N-dealkylation sites (tertiary alicyclic amines) is 1. The van der Waals surface area contributed by atoms with Gasteiger partial charge in [-0.3, -0.25) is 14.6 Å². The van der Waals surface area contributed by atoms with Crippen molar-refractivity contribution in [1.82, 2.24) is 14.9 Å². The molecule has 23 heavy (non-hydrogen) atoms. The van der Waals surface area contributed by atoms with E-state index in [4.69, 9.17) is 0 Å². The number of aromatic nitrogens is 2. The zero-order valence-electron chi connectivity index (χ0n) is 12.9. The molecule has 0 unspecified atom stereocenters. The molecular weight excluding hydrogens is 290 g/mol. The average Bonchev–Trinajstić information content (AvgIpc) is 3.23. The topological polar surface area (TPSA) is 66.1 Å². The third kappa shape index (κ3) is 2.46. The fourth-order valence-electron chi connectivity index (χ4n) is 3.72. The maximum atomic E-state index is 12.9. The Bertz CT molecular complexity index is 798. The van der Waals surface area contributed by atoms with Crippen LogP contribution in [-0.2, 0) is 12.8 Å². The third-order valence-electron chi connectivity index (χ3n) is 4.86. The SMILES string of the molecule is O=C(c1cc2c([nH]c1=O)CCC2)N1CCC[C@H]1c1ccccn1. The maximum absolute atomic E-state index is 12.9. The van der Waals surface area contributed by atoms with Gasteiger partial charge in [0, 0.05) is 18.4 Å². The first-order valence-corrected chi connectivity index (χ1v) is 8.21. The molecule has 1 saturated heterocycles. The molecule has 1 aliphatic carbocycles. The smallest absolute Gasteiger partial charge is 0.261 e. The molecule has 118 valence electrons. The largest absolute Gasteiger partial charge is 0.330 e. The molecule has 1 atom stereocenters. The van der Waals surface area contributed by atoms with Crippen molar-refractivity contribution in [3.05, 3.63) is 63.3 Å². The molecule has 1 aliphatic heterocycles. The minimum Gasteiger partial charge on any atom is -0.330 e. The highest BCUT2D eigenvalue weighted by Gasteiger charge is 2.33. The average molecular weight is 309 g/mol. The standard InChI is InChI=1S/C18H19N3O2/c22-17-13(11-12-5-3-7-14(12)20-17)18(23)21-10-4-8-16(21)15-6-1-2-9-19-15/h1-2,6,9,11,16H,3-5,7-8,10H2,(H,20,22)/t16-/m0/s1. The van der Waals surface area contributed by atoms with E-state index in [1.165, 1.54) is 0 Å². The Labute approximate surface area is 134 Å². The van der Waals surface area contributed by atoms with E-state index in [1.807, 2.05) is 18.2 Å². The molecule has 2 aromatic heterocycles. The summed E-state index contributed by atoms with van der Waals surface area (Å²) in [4.78, 5) is 34.3. The predicted molar refractivity (Wildman–Crippen MR) is 86.3 cm³/mol. The van der Waals surface area contributed by atoms with Crippen LogP contribution < -0.4 is 5.56 Å². The minimum atomic E-state index is -0.262. The first-order chi connectivity index (χ1) is 11.2. The van der Waals surface area contributed by atoms with Gasteiger partial charge in [0.05, 0.1) is 11.7 Å². The molecular formula is C18H19N3O2. The van der Waals surface area contributed by atoms with Crippen molar-refractivity contribution in [2.75, 3.05) is 6.54 Å². The Kier molecular flexibility index (Phi) is 3.48. The van der Waals surface area contributed by atoms with E-state index < -0.39 is 0 Å². The maximum Gasteiger partial charge on any atom is 0.261 e. The van der Waals surface area contributed by atoms with Gasteiger partial charge in [0.15, 0.2) is 0 Å². The second kappa shape index (κ2) is 5.65. The first kappa shape index (κ1) is 14.2. The number of hydrogen-bond acceptors (Lipinski definition) is 3. The zero-order chi connectivity index (χ0) is 15.8. The minimum absolute atomic E-state index is 0.0312. The summed E-state index contributed by atoms with van der Waals surface area (Å²) in [6, 6.07) is 7.53. The zero-order valence-corrected chi connectivity index (χ0v) is 12.9. The van der Waals surface area contributed by atoms with Crippen molar-refractivity contribution >= 4 is 5.91 Å². The van der Waals surface area contributed by atoms with E-state index in [0.717, 1.165) is 49.1 Å². The van der Waals surface area contributed by atoms with Crippen molar-refractivity contribution in [1.29, 1.82) is 0 Å². The number of pyridine rings is 2. The Morgan fingerprint density at radius 1 is 1.26 bits per heavy atom. The Balaban J connectivity index is 1.68. The number of aryl methyl sites for hydroxylation is 2. The lowest BCUT2D eigenvalue weighted by Gasteiger charge is -2.24. The number of carbonyl (C=O) groups is 1. The Hall–Kier alpha value is -2.43. The molecule has 1 N–H and O–H groups in total. The molecule has 5 heteroatoms.